The molecule has 1 N–H and O–H groups in total. The van der Waals surface area contributed by atoms with Crippen LogP contribution in [0, 0.1) is 0 Å². The van der Waals surface area contributed by atoms with Gasteiger partial charge in [0.05, 0.1) is 14.1 Å². The van der Waals surface area contributed by atoms with Crippen LogP contribution in [0.3, 0.4) is 0 Å². The van der Waals surface area contributed by atoms with E-state index in [0.717, 1.165) is 6.08 Å². The Labute approximate surface area is 102 Å². The third kappa shape index (κ3) is 8.02. The summed E-state index contributed by atoms with van der Waals surface area (Å²) in [6.07, 6.45) is 2.29. The van der Waals surface area contributed by atoms with Crippen molar-refractivity contribution >= 4 is 11.9 Å². The molecule has 6 heteroatoms. The van der Waals surface area contributed by atoms with Gasteiger partial charge in [-0.2, -0.15) is 5.43 Å². The van der Waals surface area contributed by atoms with E-state index in [1.165, 1.54) is 6.08 Å². The maximum atomic E-state index is 11.0. The minimum atomic E-state index is -0.468. The molecular formula is C10H17ClN2O3. The molecule has 0 atom stereocenters. The second-order valence-corrected chi connectivity index (χ2v) is 3.46. The van der Waals surface area contributed by atoms with E-state index in [1.54, 1.807) is 14.1 Å². The first-order valence-corrected chi connectivity index (χ1v) is 4.48. The number of nitrogens with zero attached hydrogens (tertiary/aromatic N) is 1. The summed E-state index contributed by atoms with van der Waals surface area (Å²) in [5.74, 6) is -0.736. The summed E-state index contributed by atoms with van der Waals surface area (Å²) in [5, 5.41) is 0. The van der Waals surface area contributed by atoms with E-state index in [1.807, 2.05) is 0 Å². The summed E-state index contributed by atoms with van der Waals surface area (Å²) in [7, 11) is 3.56. The van der Waals surface area contributed by atoms with Gasteiger partial charge in [0.2, 0.25) is 0 Å². The molecular weight excluding hydrogens is 232 g/mol. The quantitative estimate of drug-likeness (QED) is 0.236. The predicted octanol–water partition coefficient (Wildman–Crippen LogP) is -2.99. The summed E-state index contributed by atoms with van der Waals surface area (Å²) in [6.45, 7) is 7.31. The molecule has 0 saturated carbocycles. The van der Waals surface area contributed by atoms with Crippen LogP contribution < -0.4 is 17.8 Å². The summed E-state index contributed by atoms with van der Waals surface area (Å²) in [6, 6.07) is 0. The summed E-state index contributed by atoms with van der Waals surface area (Å²) < 4.78 is 5.01. The van der Waals surface area contributed by atoms with Crippen molar-refractivity contribution in [3.63, 3.8) is 0 Å². The Morgan fingerprint density at radius 2 is 1.88 bits per heavy atom. The van der Waals surface area contributed by atoms with Gasteiger partial charge in [-0.1, -0.05) is 13.2 Å². The van der Waals surface area contributed by atoms with E-state index in [4.69, 9.17) is 4.74 Å². The van der Waals surface area contributed by atoms with Crippen LogP contribution in [-0.4, -0.2) is 43.7 Å². The van der Waals surface area contributed by atoms with Crippen molar-refractivity contribution in [2.45, 2.75) is 0 Å². The smallest absolute Gasteiger partial charge is 0.330 e. The van der Waals surface area contributed by atoms with E-state index < -0.39 is 5.97 Å². The highest BCUT2D eigenvalue weighted by atomic mass is 35.5. The van der Waals surface area contributed by atoms with Gasteiger partial charge >= 0.3 is 5.97 Å². The van der Waals surface area contributed by atoms with Crippen molar-refractivity contribution in [3.05, 3.63) is 25.3 Å². The Balaban J connectivity index is 0. The van der Waals surface area contributed by atoms with Crippen LogP contribution in [0.2, 0.25) is 0 Å². The van der Waals surface area contributed by atoms with Crippen molar-refractivity contribution in [2.24, 2.45) is 0 Å². The minimum Gasteiger partial charge on any atom is -1.00 e. The maximum absolute atomic E-state index is 11.0. The average Bonchev–Trinajstić information content (AvgIpc) is 2.16. The van der Waals surface area contributed by atoms with Crippen molar-refractivity contribution in [1.82, 2.24) is 5.43 Å². The Bertz CT molecular complexity index is 277. The molecule has 0 unspecified atom stereocenters. The Hall–Kier alpha value is -1.33. The number of esters is 1. The van der Waals surface area contributed by atoms with Crippen LogP contribution in [0.4, 0.5) is 0 Å². The number of rotatable bonds is 6. The fourth-order valence-corrected chi connectivity index (χ4v) is 0.833. The molecule has 0 aliphatic heterocycles. The standard InChI is InChI=1S/C10H16N2O3.ClH/c1-5-9(13)11-12(3,4)7-8-15-10(14)6-2;/h5-6H,1-2,7-8H2,3-4H3;1H. The molecule has 0 aliphatic rings. The molecule has 0 radical (unpaired) electrons. The third-order valence-corrected chi connectivity index (χ3v) is 1.66. The first-order chi connectivity index (χ1) is 6.91. The van der Waals surface area contributed by atoms with E-state index in [-0.39, 0.29) is 29.5 Å². The van der Waals surface area contributed by atoms with E-state index in [9.17, 15) is 9.59 Å². The molecule has 0 fully saturated rings. The average molecular weight is 249 g/mol. The highest BCUT2D eigenvalue weighted by Gasteiger charge is 2.17. The molecule has 5 nitrogen and oxygen atoms in total. The Kier molecular flexibility index (Phi) is 8.43. The van der Waals surface area contributed by atoms with Crippen LogP contribution in [0.15, 0.2) is 25.3 Å². The second kappa shape index (κ2) is 7.90. The number of likely N-dealkylation sites (N-methyl/N-ethyl adjacent to an activating group) is 1. The zero-order valence-corrected chi connectivity index (χ0v) is 10.3. The number of carbonyl (C=O) groups is 2. The molecule has 0 aromatic carbocycles. The molecule has 0 saturated heterocycles. The van der Waals surface area contributed by atoms with Crippen molar-refractivity contribution in [3.8, 4) is 0 Å². The molecule has 0 aromatic rings. The molecule has 0 aliphatic carbocycles. The van der Waals surface area contributed by atoms with Crippen LogP contribution in [0.25, 0.3) is 0 Å². The number of quaternary nitrogens is 1. The molecule has 92 valence electrons. The number of hydrogen-bond acceptors (Lipinski definition) is 3. The molecule has 0 spiro atoms. The van der Waals surface area contributed by atoms with Gasteiger partial charge in [-0.15, -0.1) is 0 Å². The number of ether oxygens (including phenoxy) is 1. The van der Waals surface area contributed by atoms with Gasteiger partial charge in [0.15, 0.2) is 0 Å². The van der Waals surface area contributed by atoms with Gasteiger partial charge in [-0.05, 0) is 0 Å². The highest BCUT2D eigenvalue weighted by Crippen LogP contribution is 1.92. The lowest BCUT2D eigenvalue weighted by Gasteiger charge is -2.27. The summed E-state index contributed by atoms with van der Waals surface area (Å²) in [5.41, 5.74) is 2.66. The summed E-state index contributed by atoms with van der Waals surface area (Å²) >= 11 is 0. The second-order valence-electron chi connectivity index (χ2n) is 3.46. The molecule has 16 heavy (non-hydrogen) atoms. The van der Waals surface area contributed by atoms with E-state index in [0.29, 0.717) is 6.54 Å². The number of halogens is 1. The largest absolute Gasteiger partial charge is 1.00 e. The molecule has 0 aromatic heterocycles. The van der Waals surface area contributed by atoms with Crippen LogP contribution in [0.1, 0.15) is 0 Å². The fourth-order valence-electron chi connectivity index (χ4n) is 0.833. The highest BCUT2D eigenvalue weighted by molar-refractivity contribution is 5.85. The topological polar surface area (TPSA) is 55.4 Å². The number of amides is 1. The number of hydrogen-bond donors (Lipinski definition) is 1. The van der Waals surface area contributed by atoms with Crippen LogP contribution in [-0.2, 0) is 14.3 Å². The van der Waals surface area contributed by atoms with Gasteiger partial charge in [0.25, 0.3) is 5.91 Å². The van der Waals surface area contributed by atoms with E-state index >= 15 is 0 Å². The lowest BCUT2D eigenvalue weighted by molar-refractivity contribution is -0.925. The van der Waals surface area contributed by atoms with Crippen molar-refractivity contribution in [1.29, 1.82) is 0 Å². The zero-order valence-electron chi connectivity index (χ0n) is 9.53. The fraction of sp³-hybridized carbons (Fsp3) is 0.400. The van der Waals surface area contributed by atoms with Crippen LogP contribution >= 0.6 is 0 Å². The van der Waals surface area contributed by atoms with Gasteiger partial charge in [-0.3, -0.25) is 4.79 Å². The normalized spacial score (nSPS) is 9.62. The van der Waals surface area contributed by atoms with E-state index in [2.05, 4.69) is 18.6 Å². The lowest BCUT2D eigenvalue weighted by atomic mass is 10.5. The first-order valence-electron chi connectivity index (χ1n) is 4.48. The van der Waals surface area contributed by atoms with Gasteiger partial charge < -0.3 is 17.1 Å². The zero-order chi connectivity index (χ0) is 11.9. The summed E-state index contributed by atoms with van der Waals surface area (Å²) in [4.78, 5) is 21.7. The van der Waals surface area contributed by atoms with Crippen molar-refractivity contribution in [2.75, 3.05) is 27.2 Å². The van der Waals surface area contributed by atoms with Crippen molar-refractivity contribution < 1.29 is 31.3 Å². The molecule has 0 bridgehead atoms. The molecule has 1 amide bonds. The third-order valence-electron chi connectivity index (χ3n) is 1.66. The van der Waals surface area contributed by atoms with Gasteiger partial charge in [-0.25, -0.2) is 9.39 Å². The Morgan fingerprint density at radius 3 is 2.31 bits per heavy atom. The monoisotopic (exact) mass is 248 g/mol. The molecule has 0 heterocycles. The predicted molar refractivity (Wildman–Crippen MR) is 56.5 cm³/mol. The first kappa shape index (κ1) is 17.1. The Morgan fingerprint density at radius 1 is 1.31 bits per heavy atom. The van der Waals surface area contributed by atoms with Crippen LogP contribution in [0.5, 0.6) is 0 Å². The number of carbonyl (C=O) groups excluding carboxylic acids is 2. The van der Waals surface area contributed by atoms with Gasteiger partial charge in [0, 0.05) is 12.2 Å². The number of nitrogens with one attached hydrogen (secondary N) is 1. The maximum Gasteiger partial charge on any atom is 0.330 e. The minimum absolute atomic E-state index is 0. The molecule has 0 rings (SSSR count). The van der Waals surface area contributed by atoms with Gasteiger partial charge in [0.1, 0.15) is 13.2 Å². The lowest BCUT2D eigenvalue weighted by Crippen LogP contribution is -3.00. The SMILES string of the molecule is C=CC(=O)N[N+](C)(C)CCOC(=O)C=C.[Cl-].